The maximum Gasteiger partial charge on any atom is 0.189 e. The highest BCUT2D eigenvalue weighted by atomic mass is 127. The first-order valence-electron chi connectivity index (χ1n) is 6.27. The van der Waals surface area contributed by atoms with Gasteiger partial charge in [-0.1, -0.05) is 19.3 Å². The summed E-state index contributed by atoms with van der Waals surface area (Å²) in [6.45, 7) is 0.585. The highest BCUT2D eigenvalue weighted by molar-refractivity contribution is 14.0. The average molecular weight is 363 g/mol. The van der Waals surface area contributed by atoms with E-state index in [1.165, 1.54) is 32.1 Å². The van der Waals surface area contributed by atoms with Crippen LogP contribution in [0.1, 0.15) is 37.8 Å². The van der Waals surface area contributed by atoms with E-state index in [0.717, 1.165) is 5.69 Å². The van der Waals surface area contributed by atoms with Crippen LogP contribution in [-0.2, 0) is 13.6 Å². The van der Waals surface area contributed by atoms with E-state index < -0.39 is 0 Å². The smallest absolute Gasteiger partial charge is 0.189 e. The van der Waals surface area contributed by atoms with Crippen molar-refractivity contribution in [2.24, 2.45) is 17.8 Å². The third-order valence-electron chi connectivity index (χ3n) is 3.29. The van der Waals surface area contributed by atoms with Crippen LogP contribution in [0.5, 0.6) is 0 Å². The van der Waals surface area contributed by atoms with Crippen LogP contribution in [0.2, 0.25) is 0 Å². The molecule has 1 heterocycles. The Bertz CT molecular complexity index is 382. The van der Waals surface area contributed by atoms with Crippen LogP contribution in [0.15, 0.2) is 17.5 Å². The zero-order valence-corrected chi connectivity index (χ0v) is 13.1. The molecule has 0 bridgehead atoms. The molecule has 1 aromatic heterocycles. The van der Waals surface area contributed by atoms with Gasteiger partial charge in [-0.25, -0.2) is 9.98 Å². The number of aliphatic imine (C=N–C) groups is 1. The van der Waals surface area contributed by atoms with Crippen molar-refractivity contribution < 1.29 is 0 Å². The number of aryl methyl sites for hydroxylation is 1. The first-order valence-corrected chi connectivity index (χ1v) is 6.27. The van der Waals surface area contributed by atoms with Crippen LogP contribution >= 0.6 is 24.0 Å². The maximum absolute atomic E-state index is 5.88. The Morgan fingerprint density at radius 2 is 2.22 bits per heavy atom. The van der Waals surface area contributed by atoms with E-state index in [1.807, 2.05) is 17.8 Å². The van der Waals surface area contributed by atoms with E-state index in [4.69, 9.17) is 5.73 Å². The van der Waals surface area contributed by atoms with Crippen LogP contribution in [0, 0.1) is 0 Å². The van der Waals surface area contributed by atoms with Gasteiger partial charge in [-0.15, -0.1) is 24.0 Å². The molecule has 1 saturated carbocycles. The fraction of sp³-hybridized carbons (Fsp3) is 0.667. The largest absolute Gasteiger partial charge is 0.370 e. The van der Waals surface area contributed by atoms with E-state index in [0.29, 0.717) is 18.5 Å². The quantitative estimate of drug-likeness (QED) is 0.489. The average Bonchev–Trinajstić information content (AvgIpc) is 2.74. The predicted molar refractivity (Wildman–Crippen MR) is 84.0 cm³/mol. The van der Waals surface area contributed by atoms with E-state index in [9.17, 15) is 0 Å². The lowest BCUT2D eigenvalue weighted by Gasteiger charge is -2.23. The number of guanidine groups is 1. The SMILES string of the molecule is Cn1cncc1CN=C(N)NC1CCCCC1.I. The summed E-state index contributed by atoms with van der Waals surface area (Å²) in [4.78, 5) is 8.39. The lowest BCUT2D eigenvalue weighted by Crippen LogP contribution is -2.41. The number of rotatable bonds is 3. The maximum atomic E-state index is 5.88. The van der Waals surface area contributed by atoms with Crippen LogP contribution in [-0.4, -0.2) is 21.6 Å². The summed E-state index contributed by atoms with van der Waals surface area (Å²) >= 11 is 0. The molecule has 0 aromatic carbocycles. The minimum absolute atomic E-state index is 0. The number of imidazole rings is 1. The number of aromatic nitrogens is 2. The summed E-state index contributed by atoms with van der Waals surface area (Å²) in [5, 5.41) is 3.30. The number of nitrogens with one attached hydrogen (secondary N) is 1. The van der Waals surface area contributed by atoms with Crippen LogP contribution in [0.3, 0.4) is 0 Å². The minimum atomic E-state index is 0. The van der Waals surface area contributed by atoms with Gasteiger partial charge in [-0.2, -0.15) is 0 Å². The first-order chi connectivity index (χ1) is 8.25. The lowest BCUT2D eigenvalue weighted by atomic mass is 9.96. The third kappa shape index (κ3) is 4.47. The zero-order chi connectivity index (χ0) is 12.1. The fourth-order valence-electron chi connectivity index (χ4n) is 2.20. The molecule has 1 aromatic rings. The van der Waals surface area contributed by atoms with Gasteiger partial charge in [-0.3, -0.25) is 0 Å². The number of hydrogen-bond donors (Lipinski definition) is 2. The predicted octanol–water partition coefficient (Wildman–Crippen LogP) is 1.78. The van der Waals surface area contributed by atoms with Gasteiger partial charge >= 0.3 is 0 Å². The molecule has 0 atom stereocenters. The summed E-state index contributed by atoms with van der Waals surface area (Å²) in [5.74, 6) is 0.554. The summed E-state index contributed by atoms with van der Waals surface area (Å²) in [7, 11) is 1.96. The molecule has 102 valence electrons. The molecule has 0 saturated heterocycles. The van der Waals surface area contributed by atoms with Crippen LogP contribution < -0.4 is 11.1 Å². The molecular formula is C12H22IN5. The Morgan fingerprint density at radius 3 is 2.83 bits per heavy atom. The Labute approximate surface area is 125 Å². The molecule has 0 amide bonds. The number of halogens is 1. The van der Waals surface area contributed by atoms with Gasteiger partial charge in [0.15, 0.2) is 5.96 Å². The van der Waals surface area contributed by atoms with Gasteiger partial charge < -0.3 is 15.6 Å². The number of nitrogens with two attached hydrogens (primary N) is 1. The molecule has 1 aliphatic carbocycles. The number of nitrogens with zero attached hydrogens (tertiary/aromatic N) is 3. The molecule has 0 radical (unpaired) electrons. The fourth-order valence-corrected chi connectivity index (χ4v) is 2.20. The zero-order valence-electron chi connectivity index (χ0n) is 10.8. The molecule has 0 unspecified atom stereocenters. The molecule has 0 aliphatic heterocycles. The number of hydrogen-bond acceptors (Lipinski definition) is 2. The topological polar surface area (TPSA) is 68.2 Å². The molecule has 1 fully saturated rings. The van der Waals surface area contributed by atoms with E-state index in [2.05, 4.69) is 15.3 Å². The van der Waals surface area contributed by atoms with Gasteiger partial charge in [0, 0.05) is 13.1 Å². The molecule has 3 N–H and O–H groups in total. The second-order valence-corrected chi connectivity index (χ2v) is 4.68. The standard InChI is InChI=1S/C12H21N5.HI/c1-17-9-14-7-11(17)8-15-12(13)16-10-5-3-2-4-6-10;/h7,9-10H,2-6,8H2,1H3,(H3,13,15,16);1H. The van der Waals surface area contributed by atoms with Crippen molar-refractivity contribution in [3.8, 4) is 0 Å². The van der Waals surface area contributed by atoms with Gasteiger partial charge in [0.05, 0.1) is 24.8 Å². The Hall–Kier alpha value is -0.790. The van der Waals surface area contributed by atoms with Crippen molar-refractivity contribution in [3.05, 3.63) is 18.2 Å². The van der Waals surface area contributed by atoms with Gasteiger partial charge in [0.2, 0.25) is 0 Å². The highest BCUT2D eigenvalue weighted by Gasteiger charge is 2.13. The normalized spacial score (nSPS) is 17.3. The highest BCUT2D eigenvalue weighted by Crippen LogP contribution is 2.17. The molecular weight excluding hydrogens is 341 g/mol. The second kappa shape index (κ2) is 7.60. The summed E-state index contributed by atoms with van der Waals surface area (Å²) in [6.07, 6.45) is 9.96. The summed E-state index contributed by atoms with van der Waals surface area (Å²) < 4.78 is 1.96. The van der Waals surface area contributed by atoms with Crippen molar-refractivity contribution in [3.63, 3.8) is 0 Å². The lowest BCUT2D eigenvalue weighted by molar-refractivity contribution is 0.412. The first kappa shape index (κ1) is 15.3. The monoisotopic (exact) mass is 363 g/mol. The Morgan fingerprint density at radius 1 is 1.50 bits per heavy atom. The Kier molecular flexibility index (Phi) is 6.45. The molecule has 1 aliphatic rings. The minimum Gasteiger partial charge on any atom is -0.370 e. The van der Waals surface area contributed by atoms with Crippen molar-refractivity contribution in [1.29, 1.82) is 0 Å². The second-order valence-electron chi connectivity index (χ2n) is 4.68. The van der Waals surface area contributed by atoms with Gasteiger partial charge in [0.1, 0.15) is 0 Å². The van der Waals surface area contributed by atoms with Crippen molar-refractivity contribution >= 4 is 29.9 Å². The summed E-state index contributed by atoms with van der Waals surface area (Å²) in [6, 6.07) is 0.513. The molecule has 5 nitrogen and oxygen atoms in total. The van der Waals surface area contributed by atoms with Crippen LogP contribution in [0.4, 0.5) is 0 Å². The van der Waals surface area contributed by atoms with Crippen molar-refractivity contribution in [2.45, 2.75) is 44.7 Å². The van der Waals surface area contributed by atoms with Crippen molar-refractivity contribution in [2.75, 3.05) is 0 Å². The van der Waals surface area contributed by atoms with Crippen LogP contribution in [0.25, 0.3) is 0 Å². The molecule has 0 spiro atoms. The van der Waals surface area contributed by atoms with E-state index in [1.54, 1.807) is 6.33 Å². The molecule has 2 rings (SSSR count). The third-order valence-corrected chi connectivity index (χ3v) is 3.29. The summed E-state index contributed by atoms with van der Waals surface area (Å²) in [5.41, 5.74) is 6.95. The molecule has 18 heavy (non-hydrogen) atoms. The van der Waals surface area contributed by atoms with E-state index >= 15 is 0 Å². The van der Waals surface area contributed by atoms with E-state index in [-0.39, 0.29) is 24.0 Å². The van der Waals surface area contributed by atoms with Gasteiger partial charge in [0.25, 0.3) is 0 Å². The van der Waals surface area contributed by atoms with Gasteiger partial charge in [-0.05, 0) is 12.8 Å². The van der Waals surface area contributed by atoms with Crippen molar-refractivity contribution in [1.82, 2.24) is 14.9 Å². The molecule has 6 heteroatoms. The Balaban J connectivity index is 0.00000162.